The molecule has 0 spiro atoms. The summed E-state index contributed by atoms with van der Waals surface area (Å²) in [5, 5.41) is 9.80. The predicted octanol–water partition coefficient (Wildman–Crippen LogP) is 3.68. The summed E-state index contributed by atoms with van der Waals surface area (Å²) in [5.74, 6) is -0.733. The van der Waals surface area contributed by atoms with Gasteiger partial charge in [-0.3, -0.25) is 9.69 Å². The quantitative estimate of drug-likeness (QED) is 0.868. The van der Waals surface area contributed by atoms with Gasteiger partial charge in [0.2, 0.25) is 0 Å². The van der Waals surface area contributed by atoms with Gasteiger partial charge in [0, 0.05) is 12.6 Å². The molecule has 0 heterocycles. The van der Waals surface area contributed by atoms with Gasteiger partial charge >= 0.3 is 5.97 Å². The zero-order valence-electron chi connectivity index (χ0n) is 13.2. The molecule has 1 fully saturated rings. The highest BCUT2D eigenvalue weighted by Gasteiger charge is 2.38. The average molecular weight is 289 g/mol. The maximum absolute atomic E-state index is 11.9. The van der Waals surface area contributed by atoms with Gasteiger partial charge in [-0.2, -0.15) is 0 Å². The number of likely N-dealkylation sites (N-methyl/N-ethyl adjacent to an activating group) is 1. The van der Waals surface area contributed by atoms with Crippen LogP contribution in [0.15, 0.2) is 30.3 Å². The molecule has 1 aliphatic rings. The van der Waals surface area contributed by atoms with Gasteiger partial charge in [0.15, 0.2) is 0 Å². The van der Waals surface area contributed by atoms with E-state index in [1.165, 1.54) is 32.1 Å². The van der Waals surface area contributed by atoms with Crippen molar-refractivity contribution in [1.29, 1.82) is 0 Å². The minimum absolute atomic E-state index is 0.547. The summed E-state index contributed by atoms with van der Waals surface area (Å²) in [6, 6.07) is 10.2. The van der Waals surface area contributed by atoms with Crippen LogP contribution in [-0.2, 0) is 10.2 Å². The van der Waals surface area contributed by atoms with Gasteiger partial charge in [0.1, 0.15) is 5.41 Å². The van der Waals surface area contributed by atoms with Gasteiger partial charge in [-0.15, -0.1) is 0 Å². The molecule has 3 nitrogen and oxygen atoms in total. The molecule has 2 rings (SSSR count). The summed E-state index contributed by atoms with van der Waals surface area (Å²) in [7, 11) is 0. The zero-order chi connectivity index (χ0) is 15.3. The molecule has 1 aromatic rings. The van der Waals surface area contributed by atoms with Crippen molar-refractivity contribution in [2.45, 2.75) is 57.4 Å². The first-order valence-electron chi connectivity index (χ1n) is 8.11. The smallest absolute Gasteiger partial charge is 0.315 e. The maximum Gasteiger partial charge on any atom is 0.315 e. The fraction of sp³-hybridized carbons (Fsp3) is 0.611. The second-order valence-corrected chi connectivity index (χ2v) is 6.36. The third-order valence-electron chi connectivity index (χ3n) is 4.90. The molecule has 1 unspecified atom stereocenters. The van der Waals surface area contributed by atoms with E-state index in [0.29, 0.717) is 12.6 Å². The van der Waals surface area contributed by atoms with Gasteiger partial charge in [0.05, 0.1) is 0 Å². The van der Waals surface area contributed by atoms with Crippen LogP contribution in [0.1, 0.15) is 51.5 Å². The molecule has 1 aliphatic carbocycles. The van der Waals surface area contributed by atoms with E-state index < -0.39 is 11.4 Å². The largest absolute Gasteiger partial charge is 0.481 e. The lowest BCUT2D eigenvalue weighted by atomic mass is 9.81. The van der Waals surface area contributed by atoms with E-state index in [1.54, 1.807) is 0 Å². The Labute approximate surface area is 128 Å². The second kappa shape index (κ2) is 7.08. The van der Waals surface area contributed by atoms with Crippen LogP contribution in [0.25, 0.3) is 0 Å². The summed E-state index contributed by atoms with van der Waals surface area (Å²) in [4.78, 5) is 14.3. The minimum atomic E-state index is -0.839. The molecule has 3 heteroatoms. The first-order valence-corrected chi connectivity index (χ1v) is 8.11. The number of carboxylic acids is 1. The van der Waals surface area contributed by atoms with Crippen molar-refractivity contribution in [3.63, 3.8) is 0 Å². The predicted molar refractivity (Wildman–Crippen MR) is 85.5 cm³/mol. The van der Waals surface area contributed by atoms with Crippen molar-refractivity contribution in [1.82, 2.24) is 4.90 Å². The van der Waals surface area contributed by atoms with Gasteiger partial charge < -0.3 is 5.11 Å². The third-order valence-corrected chi connectivity index (χ3v) is 4.90. The van der Waals surface area contributed by atoms with Crippen molar-refractivity contribution in [3.05, 3.63) is 35.9 Å². The summed E-state index contributed by atoms with van der Waals surface area (Å²) in [6.45, 7) is 5.51. The number of hydrogen-bond donors (Lipinski definition) is 1. The lowest BCUT2D eigenvalue weighted by molar-refractivity contribution is -0.144. The van der Waals surface area contributed by atoms with Crippen LogP contribution < -0.4 is 0 Å². The molecule has 1 N–H and O–H groups in total. The van der Waals surface area contributed by atoms with Crippen molar-refractivity contribution < 1.29 is 9.90 Å². The summed E-state index contributed by atoms with van der Waals surface area (Å²) < 4.78 is 0. The molecule has 0 radical (unpaired) electrons. The van der Waals surface area contributed by atoms with Crippen LogP contribution in [0.2, 0.25) is 0 Å². The standard InChI is InChI=1S/C18H27NO2/c1-3-19(16-12-8-5-9-13-16)14-18(2,17(20)21)15-10-6-4-7-11-15/h4,6-7,10-11,16H,3,5,8-9,12-14H2,1-2H3,(H,20,21). The number of carboxylic acid groups (broad SMARTS) is 1. The maximum atomic E-state index is 11.9. The van der Waals surface area contributed by atoms with Crippen molar-refractivity contribution >= 4 is 5.97 Å². The van der Waals surface area contributed by atoms with Gasteiger partial charge in [-0.25, -0.2) is 0 Å². The first kappa shape index (κ1) is 16.0. The minimum Gasteiger partial charge on any atom is -0.481 e. The lowest BCUT2D eigenvalue weighted by Crippen LogP contribution is -2.48. The van der Waals surface area contributed by atoms with Crippen LogP contribution in [0.5, 0.6) is 0 Å². The van der Waals surface area contributed by atoms with E-state index in [9.17, 15) is 9.90 Å². The monoisotopic (exact) mass is 289 g/mol. The van der Waals surface area contributed by atoms with Crippen molar-refractivity contribution in [2.24, 2.45) is 0 Å². The Hall–Kier alpha value is -1.35. The molecule has 0 aliphatic heterocycles. The Balaban J connectivity index is 2.20. The molecular formula is C18H27NO2. The van der Waals surface area contributed by atoms with E-state index in [-0.39, 0.29) is 0 Å². The molecule has 1 aromatic carbocycles. The van der Waals surface area contributed by atoms with Gasteiger partial charge in [-0.1, -0.05) is 56.5 Å². The molecule has 0 amide bonds. The molecule has 0 aromatic heterocycles. The van der Waals surface area contributed by atoms with Crippen LogP contribution >= 0.6 is 0 Å². The Morgan fingerprint density at radius 2 is 1.86 bits per heavy atom. The first-order chi connectivity index (χ1) is 10.1. The highest BCUT2D eigenvalue weighted by atomic mass is 16.4. The molecule has 0 bridgehead atoms. The van der Waals surface area contributed by atoms with E-state index in [2.05, 4.69) is 11.8 Å². The van der Waals surface area contributed by atoms with Crippen molar-refractivity contribution in [2.75, 3.05) is 13.1 Å². The van der Waals surface area contributed by atoms with E-state index in [0.717, 1.165) is 12.1 Å². The second-order valence-electron chi connectivity index (χ2n) is 6.36. The summed E-state index contributed by atoms with van der Waals surface area (Å²) >= 11 is 0. The fourth-order valence-electron chi connectivity index (χ4n) is 3.44. The number of aliphatic carboxylic acids is 1. The van der Waals surface area contributed by atoms with Crippen LogP contribution in [0.3, 0.4) is 0 Å². The van der Waals surface area contributed by atoms with Crippen LogP contribution in [0.4, 0.5) is 0 Å². The highest BCUT2D eigenvalue weighted by Crippen LogP contribution is 2.29. The molecule has 1 atom stereocenters. The zero-order valence-corrected chi connectivity index (χ0v) is 13.2. The van der Waals surface area contributed by atoms with E-state index >= 15 is 0 Å². The Bertz CT molecular complexity index is 454. The highest BCUT2D eigenvalue weighted by molar-refractivity contribution is 5.81. The van der Waals surface area contributed by atoms with E-state index in [1.807, 2.05) is 37.3 Å². The Morgan fingerprint density at radius 1 is 1.24 bits per heavy atom. The lowest BCUT2D eigenvalue weighted by Gasteiger charge is -2.38. The molecule has 1 saturated carbocycles. The number of nitrogens with zero attached hydrogens (tertiary/aromatic N) is 1. The van der Waals surface area contributed by atoms with Crippen LogP contribution in [0, 0.1) is 0 Å². The molecular weight excluding hydrogens is 262 g/mol. The van der Waals surface area contributed by atoms with Gasteiger partial charge in [-0.05, 0) is 31.9 Å². The fourth-order valence-corrected chi connectivity index (χ4v) is 3.44. The normalized spacial score (nSPS) is 19.4. The summed E-state index contributed by atoms with van der Waals surface area (Å²) in [6.07, 6.45) is 6.28. The molecule has 0 saturated heterocycles. The van der Waals surface area contributed by atoms with Crippen molar-refractivity contribution in [3.8, 4) is 0 Å². The number of hydrogen-bond acceptors (Lipinski definition) is 2. The SMILES string of the molecule is CCN(CC(C)(C(=O)O)c1ccccc1)C1CCCCC1. The van der Waals surface area contributed by atoms with Crippen LogP contribution in [-0.4, -0.2) is 35.1 Å². The Kier molecular flexibility index (Phi) is 5.40. The van der Waals surface area contributed by atoms with E-state index in [4.69, 9.17) is 0 Å². The number of rotatable bonds is 6. The topological polar surface area (TPSA) is 40.5 Å². The molecule has 21 heavy (non-hydrogen) atoms. The molecule has 116 valence electrons. The summed E-state index contributed by atoms with van der Waals surface area (Å²) in [5.41, 5.74) is 0.0566. The number of benzene rings is 1. The average Bonchev–Trinajstić information content (AvgIpc) is 2.54. The Morgan fingerprint density at radius 3 is 2.38 bits per heavy atom. The third kappa shape index (κ3) is 3.65. The number of carbonyl (C=O) groups is 1. The van der Waals surface area contributed by atoms with Gasteiger partial charge in [0.25, 0.3) is 0 Å².